The van der Waals surface area contributed by atoms with E-state index in [4.69, 9.17) is 0 Å². The molecule has 0 radical (unpaired) electrons. The SMILES string of the molecule is CN(CC1=CCNCC1)C(=O)C(O)(c1ccccc1)c1ccccc1. The van der Waals surface area contributed by atoms with Gasteiger partial charge in [0, 0.05) is 20.1 Å². The monoisotopic (exact) mass is 336 g/mol. The second-order valence-electron chi connectivity index (χ2n) is 6.42. The van der Waals surface area contributed by atoms with Crippen molar-refractivity contribution in [2.24, 2.45) is 0 Å². The Kier molecular flexibility index (Phi) is 5.31. The molecule has 0 fully saturated rings. The zero-order valence-electron chi connectivity index (χ0n) is 14.5. The number of amides is 1. The zero-order valence-corrected chi connectivity index (χ0v) is 14.5. The molecule has 0 aromatic heterocycles. The molecule has 2 N–H and O–H groups in total. The Morgan fingerprint density at radius 3 is 2.12 bits per heavy atom. The Morgan fingerprint density at radius 1 is 1.08 bits per heavy atom. The zero-order chi connectivity index (χ0) is 17.7. The van der Waals surface area contributed by atoms with E-state index >= 15 is 0 Å². The third-order valence-corrected chi connectivity index (χ3v) is 4.64. The number of nitrogens with zero attached hydrogens (tertiary/aromatic N) is 1. The number of rotatable bonds is 5. The molecular weight excluding hydrogens is 312 g/mol. The lowest BCUT2D eigenvalue weighted by Crippen LogP contribution is -2.47. The van der Waals surface area contributed by atoms with E-state index in [0.717, 1.165) is 19.5 Å². The van der Waals surface area contributed by atoms with E-state index in [2.05, 4.69) is 11.4 Å². The standard InChI is InChI=1S/C21H24N2O2/c1-23(16-17-12-14-22-15-13-17)20(24)21(25,18-8-4-2-5-9-18)19-10-6-3-7-11-19/h2-12,22,25H,13-16H2,1H3. The molecule has 4 nitrogen and oxygen atoms in total. The molecule has 1 aliphatic heterocycles. The second kappa shape index (κ2) is 7.64. The number of benzene rings is 2. The smallest absolute Gasteiger partial charge is 0.264 e. The van der Waals surface area contributed by atoms with Crippen molar-refractivity contribution in [3.8, 4) is 0 Å². The summed E-state index contributed by atoms with van der Waals surface area (Å²) in [5, 5.41) is 14.8. The van der Waals surface area contributed by atoms with Crippen molar-refractivity contribution < 1.29 is 9.90 Å². The number of carbonyl (C=O) groups is 1. The van der Waals surface area contributed by atoms with Gasteiger partial charge in [-0.05, 0) is 24.1 Å². The maximum atomic E-state index is 13.3. The fourth-order valence-corrected chi connectivity index (χ4v) is 3.24. The van der Waals surface area contributed by atoms with Crippen molar-refractivity contribution in [3.63, 3.8) is 0 Å². The van der Waals surface area contributed by atoms with Crippen LogP contribution in [0.2, 0.25) is 0 Å². The van der Waals surface area contributed by atoms with Gasteiger partial charge in [-0.2, -0.15) is 0 Å². The first-order valence-corrected chi connectivity index (χ1v) is 8.60. The van der Waals surface area contributed by atoms with Gasteiger partial charge in [0.1, 0.15) is 0 Å². The Balaban J connectivity index is 1.94. The van der Waals surface area contributed by atoms with Crippen LogP contribution in [-0.4, -0.2) is 42.6 Å². The van der Waals surface area contributed by atoms with Crippen LogP contribution in [0.5, 0.6) is 0 Å². The molecule has 0 unspecified atom stereocenters. The van der Waals surface area contributed by atoms with Crippen LogP contribution < -0.4 is 5.32 Å². The Hall–Kier alpha value is -2.43. The molecule has 0 spiro atoms. The second-order valence-corrected chi connectivity index (χ2v) is 6.42. The van der Waals surface area contributed by atoms with E-state index in [0.29, 0.717) is 17.7 Å². The predicted molar refractivity (Wildman–Crippen MR) is 99.1 cm³/mol. The molecule has 0 saturated carbocycles. The summed E-state index contributed by atoms with van der Waals surface area (Å²) in [6.45, 7) is 2.29. The van der Waals surface area contributed by atoms with Crippen molar-refractivity contribution >= 4 is 5.91 Å². The van der Waals surface area contributed by atoms with E-state index in [9.17, 15) is 9.90 Å². The molecule has 0 atom stereocenters. The minimum Gasteiger partial charge on any atom is -0.372 e. The van der Waals surface area contributed by atoms with Crippen LogP contribution in [0.15, 0.2) is 72.3 Å². The molecule has 0 aliphatic carbocycles. The van der Waals surface area contributed by atoms with Crippen molar-refractivity contribution in [3.05, 3.63) is 83.4 Å². The predicted octanol–water partition coefficient (Wildman–Crippen LogP) is 2.30. The van der Waals surface area contributed by atoms with E-state index in [1.807, 2.05) is 36.4 Å². The molecule has 130 valence electrons. The summed E-state index contributed by atoms with van der Waals surface area (Å²) in [4.78, 5) is 14.9. The first-order valence-electron chi connectivity index (χ1n) is 8.60. The van der Waals surface area contributed by atoms with Gasteiger partial charge in [-0.3, -0.25) is 4.79 Å². The van der Waals surface area contributed by atoms with Crippen LogP contribution in [0.1, 0.15) is 17.5 Å². The average Bonchev–Trinajstić information content (AvgIpc) is 2.69. The highest BCUT2D eigenvalue weighted by atomic mass is 16.3. The molecule has 0 bridgehead atoms. The van der Waals surface area contributed by atoms with Crippen molar-refractivity contribution in [1.29, 1.82) is 0 Å². The minimum absolute atomic E-state index is 0.315. The summed E-state index contributed by atoms with van der Waals surface area (Å²) in [6.07, 6.45) is 3.05. The lowest BCUT2D eigenvalue weighted by molar-refractivity contribution is -0.146. The Labute approximate surface area is 148 Å². The first-order chi connectivity index (χ1) is 12.1. The number of nitrogens with one attached hydrogen (secondary N) is 1. The maximum Gasteiger partial charge on any atom is 0.264 e. The fraction of sp³-hybridized carbons (Fsp3) is 0.286. The van der Waals surface area contributed by atoms with E-state index in [1.54, 1.807) is 36.2 Å². The van der Waals surface area contributed by atoms with E-state index in [-0.39, 0.29) is 5.91 Å². The van der Waals surface area contributed by atoms with Crippen LogP contribution >= 0.6 is 0 Å². The van der Waals surface area contributed by atoms with Crippen LogP contribution in [0.3, 0.4) is 0 Å². The van der Waals surface area contributed by atoms with Gasteiger partial charge < -0.3 is 15.3 Å². The van der Waals surface area contributed by atoms with Crippen molar-refractivity contribution in [2.45, 2.75) is 12.0 Å². The van der Waals surface area contributed by atoms with Gasteiger partial charge in [-0.1, -0.05) is 72.3 Å². The van der Waals surface area contributed by atoms with Gasteiger partial charge in [-0.15, -0.1) is 0 Å². The van der Waals surface area contributed by atoms with Crippen LogP contribution in [0.4, 0.5) is 0 Å². The summed E-state index contributed by atoms with van der Waals surface area (Å²) in [5.74, 6) is -0.315. The number of hydrogen-bond donors (Lipinski definition) is 2. The highest BCUT2D eigenvalue weighted by Crippen LogP contribution is 2.31. The van der Waals surface area contributed by atoms with Crippen LogP contribution in [-0.2, 0) is 10.4 Å². The molecule has 1 aliphatic rings. The minimum atomic E-state index is -1.69. The molecule has 2 aromatic carbocycles. The van der Waals surface area contributed by atoms with Gasteiger partial charge in [0.15, 0.2) is 5.60 Å². The maximum absolute atomic E-state index is 13.3. The van der Waals surface area contributed by atoms with Gasteiger partial charge in [-0.25, -0.2) is 0 Å². The Morgan fingerprint density at radius 2 is 1.64 bits per heavy atom. The fourth-order valence-electron chi connectivity index (χ4n) is 3.24. The highest BCUT2D eigenvalue weighted by Gasteiger charge is 2.41. The molecular formula is C21H24N2O2. The van der Waals surface area contributed by atoms with Crippen LogP contribution in [0, 0.1) is 0 Å². The normalized spacial score (nSPS) is 14.7. The third-order valence-electron chi connectivity index (χ3n) is 4.64. The molecule has 2 aromatic rings. The topological polar surface area (TPSA) is 52.6 Å². The molecule has 1 amide bonds. The molecule has 25 heavy (non-hydrogen) atoms. The summed E-state index contributed by atoms with van der Waals surface area (Å²) in [5.41, 5.74) is 0.692. The molecule has 3 rings (SSSR count). The van der Waals surface area contributed by atoms with Crippen molar-refractivity contribution in [2.75, 3.05) is 26.7 Å². The molecule has 1 heterocycles. The molecule has 4 heteroatoms. The van der Waals surface area contributed by atoms with E-state index < -0.39 is 5.60 Å². The number of aliphatic hydroxyl groups is 1. The quantitative estimate of drug-likeness (QED) is 0.824. The Bertz CT molecular complexity index is 702. The van der Waals surface area contributed by atoms with Gasteiger partial charge >= 0.3 is 0 Å². The van der Waals surface area contributed by atoms with Gasteiger partial charge in [0.2, 0.25) is 0 Å². The lowest BCUT2D eigenvalue weighted by Gasteiger charge is -2.33. The van der Waals surface area contributed by atoms with Crippen LogP contribution in [0.25, 0.3) is 0 Å². The summed E-state index contributed by atoms with van der Waals surface area (Å²) < 4.78 is 0. The average molecular weight is 336 g/mol. The highest BCUT2D eigenvalue weighted by molar-refractivity contribution is 5.90. The van der Waals surface area contributed by atoms with Crippen molar-refractivity contribution in [1.82, 2.24) is 10.2 Å². The summed E-state index contributed by atoms with van der Waals surface area (Å²) in [7, 11) is 1.75. The number of hydrogen-bond acceptors (Lipinski definition) is 3. The number of carbonyl (C=O) groups excluding carboxylic acids is 1. The van der Waals surface area contributed by atoms with Gasteiger partial charge in [0.05, 0.1) is 0 Å². The largest absolute Gasteiger partial charge is 0.372 e. The first kappa shape index (κ1) is 17.4. The van der Waals surface area contributed by atoms with E-state index in [1.165, 1.54) is 5.57 Å². The summed E-state index contributed by atoms with van der Waals surface area (Å²) in [6, 6.07) is 18.3. The third kappa shape index (κ3) is 3.65. The lowest BCUT2D eigenvalue weighted by atomic mass is 9.85. The number of likely N-dealkylation sites (N-methyl/N-ethyl adjacent to an activating group) is 1. The summed E-state index contributed by atoms with van der Waals surface area (Å²) >= 11 is 0. The van der Waals surface area contributed by atoms with Gasteiger partial charge in [0.25, 0.3) is 5.91 Å². The molecule has 0 saturated heterocycles.